The zero-order valence-corrected chi connectivity index (χ0v) is 11.6. The van der Waals surface area contributed by atoms with Crippen LogP contribution in [0.15, 0.2) is 30.6 Å². The molecule has 2 heterocycles. The number of aromatic hydroxyl groups is 1. The Kier molecular flexibility index (Phi) is 2.68. The number of phenolic OH excluding ortho intramolecular Hbond substituents is 1. The van der Waals surface area contributed by atoms with E-state index in [0.717, 1.165) is 4.68 Å². The summed E-state index contributed by atoms with van der Waals surface area (Å²) in [6.45, 7) is 0. The second-order valence-electron chi connectivity index (χ2n) is 5.45. The maximum absolute atomic E-state index is 13.0. The molecule has 1 unspecified atom stereocenters. The highest BCUT2D eigenvalue weighted by atomic mass is 19.3. The minimum absolute atomic E-state index is 0.0747. The fraction of sp³-hybridized carbons (Fsp3) is 0.214. The number of anilines is 1. The molecule has 1 atom stereocenters. The molecule has 2 aromatic heterocycles. The predicted octanol–water partition coefficient (Wildman–Crippen LogP) is 2.30. The van der Waals surface area contributed by atoms with Crippen LogP contribution < -0.4 is 5.32 Å². The third-order valence-corrected chi connectivity index (χ3v) is 3.75. The van der Waals surface area contributed by atoms with Crippen LogP contribution in [0.3, 0.4) is 0 Å². The van der Waals surface area contributed by atoms with Crippen LogP contribution in [0.5, 0.6) is 5.75 Å². The third-order valence-electron chi connectivity index (χ3n) is 3.75. The lowest BCUT2D eigenvalue weighted by atomic mass is 10.2. The Morgan fingerprint density at radius 1 is 1.48 bits per heavy atom. The van der Waals surface area contributed by atoms with E-state index in [1.807, 2.05) is 0 Å². The summed E-state index contributed by atoms with van der Waals surface area (Å²) in [6.07, 6.45) is 2.27. The van der Waals surface area contributed by atoms with Gasteiger partial charge in [0.2, 0.25) is 0 Å². The van der Waals surface area contributed by atoms with Gasteiger partial charge in [0.25, 0.3) is 11.8 Å². The molecule has 0 radical (unpaired) electrons. The van der Waals surface area contributed by atoms with Gasteiger partial charge in [0, 0.05) is 24.1 Å². The fourth-order valence-corrected chi connectivity index (χ4v) is 2.39. The van der Waals surface area contributed by atoms with Gasteiger partial charge in [0.15, 0.2) is 5.82 Å². The zero-order valence-electron chi connectivity index (χ0n) is 11.6. The summed E-state index contributed by atoms with van der Waals surface area (Å²) in [7, 11) is 0. The molecule has 1 amide bonds. The van der Waals surface area contributed by atoms with Gasteiger partial charge in [-0.05, 0) is 12.1 Å². The van der Waals surface area contributed by atoms with Gasteiger partial charge in [0.05, 0.1) is 17.3 Å². The van der Waals surface area contributed by atoms with Gasteiger partial charge in [-0.2, -0.15) is 10.2 Å². The number of H-pyrrole nitrogens is 1. The van der Waals surface area contributed by atoms with Crippen LogP contribution in [0, 0.1) is 0 Å². The second-order valence-corrected chi connectivity index (χ2v) is 5.45. The number of phenols is 1. The molecule has 0 bridgehead atoms. The van der Waals surface area contributed by atoms with Crippen molar-refractivity contribution in [3.8, 4) is 5.75 Å². The smallest absolute Gasteiger partial charge is 0.272 e. The van der Waals surface area contributed by atoms with E-state index in [0.29, 0.717) is 10.9 Å². The SMILES string of the molecule is O=C(Nc1n[nH]c2cc(O)ccc12)c1cnn(C2CC2(F)F)c1. The molecule has 3 N–H and O–H groups in total. The number of benzene rings is 1. The normalized spacial score (nSPS) is 19.0. The van der Waals surface area contributed by atoms with E-state index in [-0.39, 0.29) is 23.6 Å². The summed E-state index contributed by atoms with van der Waals surface area (Å²) < 4.78 is 27.1. The van der Waals surface area contributed by atoms with Gasteiger partial charge >= 0.3 is 0 Å². The van der Waals surface area contributed by atoms with Crippen LogP contribution in [0.1, 0.15) is 22.8 Å². The lowest BCUT2D eigenvalue weighted by Gasteiger charge is -2.00. The average Bonchev–Trinajstić information content (AvgIpc) is 2.90. The number of alkyl halides is 2. The van der Waals surface area contributed by atoms with Gasteiger partial charge < -0.3 is 10.4 Å². The van der Waals surface area contributed by atoms with Crippen molar-refractivity contribution in [3.63, 3.8) is 0 Å². The quantitative estimate of drug-likeness (QED) is 0.690. The molecule has 4 rings (SSSR count). The van der Waals surface area contributed by atoms with Crippen LogP contribution >= 0.6 is 0 Å². The Morgan fingerprint density at radius 2 is 2.26 bits per heavy atom. The number of nitrogens with one attached hydrogen (secondary N) is 2. The number of hydrogen-bond acceptors (Lipinski definition) is 4. The summed E-state index contributed by atoms with van der Waals surface area (Å²) in [5, 5.41) is 23.1. The Morgan fingerprint density at radius 3 is 3.00 bits per heavy atom. The summed E-state index contributed by atoms with van der Waals surface area (Å²) in [5.74, 6) is -2.89. The number of carbonyl (C=O) groups is 1. The maximum atomic E-state index is 13.0. The fourth-order valence-electron chi connectivity index (χ4n) is 2.39. The molecule has 1 saturated carbocycles. The van der Waals surface area contributed by atoms with E-state index in [1.54, 1.807) is 6.07 Å². The first-order valence-electron chi connectivity index (χ1n) is 6.84. The molecule has 23 heavy (non-hydrogen) atoms. The molecular formula is C14H11F2N5O2. The molecule has 0 saturated heterocycles. The molecule has 7 nitrogen and oxygen atoms in total. The number of nitrogens with zero attached hydrogens (tertiary/aromatic N) is 3. The summed E-state index contributed by atoms with van der Waals surface area (Å²) in [4.78, 5) is 12.2. The largest absolute Gasteiger partial charge is 0.508 e. The van der Waals surface area contributed by atoms with Crippen LogP contribution in [0.25, 0.3) is 10.9 Å². The van der Waals surface area contributed by atoms with Gasteiger partial charge in [-0.25, -0.2) is 8.78 Å². The molecule has 0 aliphatic heterocycles. The van der Waals surface area contributed by atoms with Gasteiger partial charge in [-0.3, -0.25) is 14.6 Å². The van der Waals surface area contributed by atoms with Crippen molar-refractivity contribution < 1.29 is 18.7 Å². The number of hydrogen-bond donors (Lipinski definition) is 3. The van der Waals surface area contributed by atoms with Crippen molar-refractivity contribution in [2.45, 2.75) is 18.4 Å². The Hall–Kier alpha value is -2.97. The lowest BCUT2D eigenvalue weighted by molar-refractivity contribution is 0.0977. The van der Waals surface area contributed by atoms with Gasteiger partial charge in [-0.1, -0.05) is 0 Å². The lowest BCUT2D eigenvalue weighted by Crippen LogP contribution is -2.11. The summed E-state index contributed by atoms with van der Waals surface area (Å²) >= 11 is 0. The summed E-state index contributed by atoms with van der Waals surface area (Å²) in [6, 6.07) is 3.59. The highest BCUT2D eigenvalue weighted by Gasteiger charge is 2.59. The first-order valence-corrected chi connectivity index (χ1v) is 6.84. The third kappa shape index (κ3) is 2.30. The molecule has 1 aliphatic rings. The molecule has 0 spiro atoms. The van der Waals surface area contributed by atoms with Gasteiger partial charge in [0.1, 0.15) is 11.8 Å². The first kappa shape index (κ1) is 13.7. The Labute approximate surface area is 127 Å². The average molecular weight is 319 g/mol. The van der Waals surface area contributed by atoms with Crippen molar-refractivity contribution in [1.29, 1.82) is 0 Å². The maximum Gasteiger partial charge on any atom is 0.272 e. The zero-order chi connectivity index (χ0) is 16.2. The van der Waals surface area contributed by atoms with Crippen molar-refractivity contribution in [3.05, 3.63) is 36.2 Å². The Bertz CT molecular complexity index is 917. The number of halogens is 2. The number of aromatic amines is 1. The molecule has 1 aromatic carbocycles. The highest BCUT2D eigenvalue weighted by Crippen LogP contribution is 2.52. The topological polar surface area (TPSA) is 95.8 Å². The van der Waals surface area contributed by atoms with E-state index in [4.69, 9.17) is 0 Å². The number of rotatable bonds is 3. The number of carbonyl (C=O) groups excluding carboxylic acids is 1. The minimum atomic E-state index is -2.75. The monoisotopic (exact) mass is 319 g/mol. The Balaban J connectivity index is 1.55. The summed E-state index contributed by atoms with van der Waals surface area (Å²) in [5.41, 5.74) is 0.733. The van der Waals surface area contributed by atoms with Gasteiger partial charge in [-0.15, -0.1) is 0 Å². The van der Waals surface area contributed by atoms with E-state index in [1.165, 1.54) is 24.5 Å². The molecular weight excluding hydrogens is 308 g/mol. The van der Waals surface area contributed by atoms with E-state index in [9.17, 15) is 18.7 Å². The van der Waals surface area contributed by atoms with E-state index in [2.05, 4.69) is 20.6 Å². The van der Waals surface area contributed by atoms with E-state index >= 15 is 0 Å². The van der Waals surface area contributed by atoms with E-state index < -0.39 is 17.9 Å². The number of fused-ring (bicyclic) bond motifs is 1. The van der Waals surface area contributed by atoms with Crippen molar-refractivity contribution >= 4 is 22.6 Å². The van der Waals surface area contributed by atoms with Crippen LogP contribution in [-0.4, -0.2) is 36.9 Å². The van der Waals surface area contributed by atoms with Crippen LogP contribution in [0.2, 0.25) is 0 Å². The number of aromatic nitrogens is 4. The molecule has 9 heteroatoms. The van der Waals surface area contributed by atoms with Crippen LogP contribution in [-0.2, 0) is 0 Å². The van der Waals surface area contributed by atoms with Crippen molar-refractivity contribution in [2.24, 2.45) is 0 Å². The molecule has 118 valence electrons. The minimum Gasteiger partial charge on any atom is -0.508 e. The molecule has 1 aliphatic carbocycles. The molecule has 3 aromatic rings. The standard InChI is InChI=1S/C14H11F2N5O2/c15-14(16)4-11(14)21-6-7(5-17-21)13(23)18-12-9-2-1-8(22)3-10(9)19-20-12/h1-3,5-6,11,22H,4H2,(H2,18,19,20,23). The first-order chi connectivity index (χ1) is 10.9. The predicted molar refractivity (Wildman–Crippen MR) is 76.5 cm³/mol. The second kappa shape index (κ2) is 4.51. The highest BCUT2D eigenvalue weighted by molar-refractivity contribution is 6.07. The molecule has 1 fully saturated rings. The number of amides is 1. The van der Waals surface area contributed by atoms with Crippen molar-refractivity contribution in [1.82, 2.24) is 20.0 Å². The van der Waals surface area contributed by atoms with Crippen molar-refractivity contribution in [2.75, 3.05) is 5.32 Å². The van der Waals surface area contributed by atoms with Crippen LogP contribution in [0.4, 0.5) is 14.6 Å².